The number of aromatic hydroxyl groups is 1. The Labute approximate surface area is 306 Å². The Bertz CT molecular complexity index is 2100. The number of hydrogen-bond donors (Lipinski definition) is 4. The molecular weight excluding hydrogens is 674 g/mol. The maximum absolute atomic E-state index is 14.6. The molecule has 53 heavy (non-hydrogen) atoms. The lowest BCUT2D eigenvalue weighted by atomic mass is 9.98. The van der Waals surface area contributed by atoms with Crippen molar-refractivity contribution in [3.8, 4) is 5.75 Å². The Morgan fingerprint density at radius 2 is 1.70 bits per heavy atom. The van der Waals surface area contributed by atoms with E-state index >= 15 is 0 Å². The van der Waals surface area contributed by atoms with Crippen LogP contribution in [0.1, 0.15) is 22.3 Å². The van der Waals surface area contributed by atoms with Crippen LogP contribution in [0.25, 0.3) is 10.9 Å². The van der Waals surface area contributed by atoms with Crippen molar-refractivity contribution in [2.24, 2.45) is 0 Å². The monoisotopic (exact) mass is 716 g/mol. The quantitative estimate of drug-likeness (QED) is 0.0593. The average Bonchev–Trinajstić information content (AvgIpc) is 3.57. The van der Waals surface area contributed by atoms with Gasteiger partial charge in [-0.25, -0.2) is 4.79 Å². The molecule has 0 radical (unpaired) electrons. The van der Waals surface area contributed by atoms with Gasteiger partial charge in [0.25, 0.3) is 11.6 Å². The van der Waals surface area contributed by atoms with Crippen LogP contribution >= 0.6 is 0 Å². The normalized spacial score (nSPS) is 15.7. The number of nitrogens with two attached hydrogens (primary N) is 1. The van der Waals surface area contributed by atoms with Crippen molar-refractivity contribution in [2.75, 3.05) is 19.6 Å². The number of benzene rings is 4. The Kier molecular flexibility index (Phi) is 11.4. The van der Waals surface area contributed by atoms with E-state index in [1.165, 1.54) is 23.1 Å². The number of piperazine rings is 1. The molecule has 272 valence electrons. The van der Waals surface area contributed by atoms with Gasteiger partial charge in [-0.2, -0.15) is 0 Å². The zero-order valence-electron chi connectivity index (χ0n) is 29.1. The van der Waals surface area contributed by atoms with Crippen molar-refractivity contribution in [1.82, 2.24) is 25.0 Å². The first-order chi connectivity index (χ1) is 25.7. The molecule has 2 atom stereocenters. The summed E-state index contributed by atoms with van der Waals surface area (Å²) in [7, 11) is 0. The van der Waals surface area contributed by atoms with Gasteiger partial charge in [0.15, 0.2) is 6.54 Å². The molecule has 1 aliphatic heterocycles. The number of carbonyl (C=O) groups is 3. The van der Waals surface area contributed by atoms with Crippen molar-refractivity contribution in [3.05, 3.63) is 154 Å². The molecular formula is C40H42N7O6+. The van der Waals surface area contributed by atoms with Gasteiger partial charge >= 0.3 is 6.03 Å². The number of phenols is 1. The smallest absolute Gasteiger partial charge is 0.316 e. The number of nitro groups is 1. The number of non-ortho nitro benzene ring substituents is 1. The molecule has 2 heterocycles. The molecule has 1 aliphatic rings. The Balaban J connectivity index is 1.33. The summed E-state index contributed by atoms with van der Waals surface area (Å²) in [5, 5.41) is 30.0. The van der Waals surface area contributed by atoms with Gasteiger partial charge in [-0.3, -0.25) is 19.7 Å². The molecule has 6 rings (SSSR count). The van der Waals surface area contributed by atoms with Crippen LogP contribution in [-0.2, 0) is 35.6 Å². The number of nitro benzene ring substituents is 1. The van der Waals surface area contributed by atoms with E-state index in [-0.39, 0.29) is 55.9 Å². The van der Waals surface area contributed by atoms with Crippen molar-refractivity contribution in [2.45, 2.75) is 38.3 Å². The van der Waals surface area contributed by atoms with Gasteiger partial charge in [-0.1, -0.05) is 79.4 Å². The molecule has 2 unspecified atom stereocenters. The summed E-state index contributed by atoms with van der Waals surface area (Å²) in [6.45, 7) is 5.12. The van der Waals surface area contributed by atoms with Crippen LogP contribution in [0.2, 0.25) is 0 Å². The molecule has 1 fully saturated rings. The predicted octanol–water partition coefficient (Wildman–Crippen LogP) is 3.66. The Morgan fingerprint density at radius 3 is 2.45 bits per heavy atom. The fourth-order valence-electron chi connectivity index (χ4n) is 6.76. The number of urea groups is 1. The number of phenolic OH excluding ortho intramolecular Hbond substituents is 1. The number of aromatic nitrogens is 1. The summed E-state index contributed by atoms with van der Waals surface area (Å²) in [4.78, 5) is 56.2. The zero-order valence-corrected chi connectivity index (χ0v) is 29.1. The third-order valence-electron chi connectivity index (χ3n) is 9.27. The van der Waals surface area contributed by atoms with Crippen LogP contribution in [0.4, 0.5) is 10.5 Å². The van der Waals surface area contributed by atoms with Gasteiger partial charge in [-0.15, -0.1) is 0 Å². The minimum absolute atomic E-state index is 0.00492. The summed E-state index contributed by atoms with van der Waals surface area (Å²) in [6.07, 6.45) is 2.89. The molecule has 4 aromatic carbocycles. The van der Waals surface area contributed by atoms with Crippen LogP contribution in [0.5, 0.6) is 5.75 Å². The summed E-state index contributed by atoms with van der Waals surface area (Å²) >= 11 is 0. The van der Waals surface area contributed by atoms with Crippen molar-refractivity contribution < 1.29 is 29.7 Å². The number of hydrogen-bond acceptors (Lipinski definition) is 6. The van der Waals surface area contributed by atoms with Crippen LogP contribution in [0.15, 0.2) is 122 Å². The highest BCUT2D eigenvalue weighted by atomic mass is 16.6. The van der Waals surface area contributed by atoms with E-state index in [1.807, 2.05) is 71.4 Å². The first-order valence-corrected chi connectivity index (χ1v) is 17.4. The number of carbonyl (C=O) groups excluding carboxylic acids is 3. The van der Waals surface area contributed by atoms with E-state index in [4.69, 9.17) is 0 Å². The molecule has 4 amide bonds. The number of rotatable bonds is 14. The van der Waals surface area contributed by atoms with Gasteiger partial charge in [0, 0.05) is 44.4 Å². The van der Waals surface area contributed by atoms with E-state index in [1.54, 1.807) is 40.6 Å². The predicted molar refractivity (Wildman–Crippen MR) is 199 cm³/mol. The minimum atomic E-state index is -0.965. The number of amides is 4. The van der Waals surface area contributed by atoms with E-state index < -0.39 is 23.2 Å². The molecule has 0 saturated carbocycles. The molecule has 13 heteroatoms. The van der Waals surface area contributed by atoms with E-state index in [0.717, 1.165) is 33.2 Å². The fourth-order valence-corrected chi connectivity index (χ4v) is 6.76. The topological polar surface area (TPSA) is 167 Å². The summed E-state index contributed by atoms with van der Waals surface area (Å²) in [5.74, 6) is -0.523. The minimum Gasteiger partial charge on any atom is -0.508 e. The van der Waals surface area contributed by atoms with Gasteiger partial charge in [-0.05, 0) is 51.9 Å². The standard InChI is InChI=1S/C40H41N7O6/c1-2-19-41-24-37(49)46-35(22-28-14-16-34(48)17-15-28)39(50)45(27-36(46)43-40(51)42-23-29-8-4-3-5-9-29)26-32-12-7-11-31-18-20-44(38(31)32)25-30-10-6-13-33(21-30)47(52)53/h2-18,20-21,35-36,41,48H,1,19,22-27H2,(H2,42,43,51)/p+1. The van der Waals surface area contributed by atoms with E-state index in [2.05, 4.69) is 17.2 Å². The van der Waals surface area contributed by atoms with Gasteiger partial charge < -0.3 is 35.4 Å². The maximum Gasteiger partial charge on any atom is 0.316 e. The number of fused-ring (bicyclic) bond motifs is 1. The second-order valence-electron chi connectivity index (χ2n) is 13.0. The second kappa shape index (κ2) is 16.7. The first-order valence-electron chi connectivity index (χ1n) is 17.4. The van der Waals surface area contributed by atoms with E-state index in [0.29, 0.717) is 13.1 Å². The average molecular weight is 717 g/mol. The van der Waals surface area contributed by atoms with Crippen LogP contribution < -0.4 is 16.0 Å². The zero-order chi connectivity index (χ0) is 37.3. The molecule has 1 saturated heterocycles. The number of nitrogens with one attached hydrogen (secondary N) is 2. The molecule has 1 aromatic heterocycles. The van der Waals surface area contributed by atoms with Crippen molar-refractivity contribution >= 4 is 34.4 Å². The third kappa shape index (κ3) is 8.89. The maximum atomic E-state index is 14.6. The van der Waals surface area contributed by atoms with Gasteiger partial charge in [0.2, 0.25) is 5.91 Å². The van der Waals surface area contributed by atoms with Gasteiger partial charge in [0.1, 0.15) is 18.0 Å². The molecule has 0 bridgehead atoms. The largest absolute Gasteiger partial charge is 0.508 e. The van der Waals surface area contributed by atoms with Crippen LogP contribution in [0, 0.1) is 10.1 Å². The van der Waals surface area contributed by atoms with Crippen molar-refractivity contribution in [3.63, 3.8) is 0 Å². The summed E-state index contributed by atoms with van der Waals surface area (Å²) in [5.41, 5.74) is 4.09. The SMILES string of the molecule is C=CC[NH2+]CC(=O)N1C(NC(=O)NCc2ccccc2)CN(Cc2cccc3ccn(Cc4cccc([N+](=O)[O-])c4)c23)C(=O)C1Cc1ccc(O)cc1. The lowest BCUT2D eigenvalue weighted by molar-refractivity contribution is -0.635. The Hall–Kier alpha value is -6.47. The second-order valence-corrected chi connectivity index (χ2v) is 13.0. The molecule has 5 aromatic rings. The number of quaternary nitrogens is 1. The number of nitrogens with zero attached hydrogens (tertiary/aromatic N) is 4. The fraction of sp³-hybridized carbons (Fsp3) is 0.225. The third-order valence-corrected chi connectivity index (χ3v) is 9.27. The lowest BCUT2D eigenvalue weighted by Crippen LogP contribution is -2.87. The molecule has 0 aliphatic carbocycles. The number of para-hydroxylation sites is 1. The van der Waals surface area contributed by atoms with Crippen LogP contribution in [0.3, 0.4) is 0 Å². The summed E-state index contributed by atoms with van der Waals surface area (Å²) in [6, 6.07) is 28.8. The van der Waals surface area contributed by atoms with Crippen molar-refractivity contribution in [1.29, 1.82) is 0 Å². The highest BCUT2D eigenvalue weighted by Crippen LogP contribution is 2.27. The molecule has 5 N–H and O–H groups in total. The highest BCUT2D eigenvalue weighted by Gasteiger charge is 2.44. The Morgan fingerprint density at radius 1 is 0.943 bits per heavy atom. The molecule has 13 nitrogen and oxygen atoms in total. The van der Waals surface area contributed by atoms with E-state index in [9.17, 15) is 29.6 Å². The highest BCUT2D eigenvalue weighted by molar-refractivity contribution is 5.91. The first kappa shape index (κ1) is 36.3. The van der Waals surface area contributed by atoms with Gasteiger partial charge in [0.05, 0.1) is 23.5 Å². The molecule has 0 spiro atoms. The lowest BCUT2D eigenvalue weighted by Gasteiger charge is -2.46. The summed E-state index contributed by atoms with van der Waals surface area (Å²) < 4.78 is 2.00. The van der Waals surface area contributed by atoms with Crippen LogP contribution in [-0.4, -0.2) is 74.1 Å².